The fourth-order valence-electron chi connectivity index (χ4n) is 7.67. The molecule has 2 atom stereocenters. The summed E-state index contributed by atoms with van der Waals surface area (Å²) in [7, 11) is 0. The van der Waals surface area contributed by atoms with E-state index in [-0.39, 0.29) is 0 Å². The van der Waals surface area contributed by atoms with Gasteiger partial charge in [-0.25, -0.2) is 0 Å². The smallest absolute Gasteiger partial charge is 0.0493 e. The van der Waals surface area contributed by atoms with E-state index in [0.717, 1.165) is 38.5 Å². The Bertz CT molecular complexity index is 1550. The number of anilines is 2. The first kappa shape index (κ1) is 22.7. The van der Waals surface area contributed by atoms with Crippen molar-refractivity contribution in [1.82, 2.24) is 0 Å². The van der Waals surface area contributed by atoms with Gasteiger partial charge in [-0.2, -0.15) is 0 Å². The first-order chi connectivity index (χ1) is 18.1. The predicted molar refractivity (Wildman–Crippen MR) is 158 cm³/mol. The van der Waals surface area contributed by atoms with Gasteiger partial charge in [0.1, 0.15) is 0 Å². The third-order valence-corrected chi connectivity index (χ3v) is 9.14. The van der Waals surface area contributed by atoms with Crippen molar-refractivity contribution in [3.63, 3.8) is 0 Å². The topological polar surface area (TPSA) is 6.48 Å². The van der Waals surface area contributed by atoms with E-state index in [4.69, 9.17) is 0 Å². The summed E-state index contributed by atoms with van der Waals surface area (Å²) in [4.78, 5) is 5.26. The number of fused-ring (bicyclic) bond motifs is 1. The SMILES string of the molecule is C=C/C=C\C1=C(C)CC(C)N1c1ccc2c3c4c(ccc13)CCC(N1c3ccccc3CC1C)=C4CC2. The molecule has 0 N–H and O–H groups in total. The molecule has 0 spiro atoms. The Hall–Kier alpha value is -3.52. The summed E-state index contributed by atoms with van der Waals surface area (Å²) in [6.07, 6.45) is 13.0. The number of hydrogen-bond donors (Lipinski definition) is 0. The van der Waals surface area contributed by atoms with Crippen LogP contribution in [0.25, 0.3) is 16.3 Å². The molecule has 0 fully saturated rings. The summed E-state index contributed by atoms with van der Waals surface area (Å²) < 4.78 is 0. The zero-order valence-electron chi connectivity index (χ0n) is 22.3. The van der Waals surface area contributed by atoms with Crippen molar-refractivity contribution in [1.29, 1.82) is 0 Å². The fraction of sp³-hybridized carbons (Fsp3) is 0.314. The zero-order valence-corrected chi connectivity index (χ0v) is 22.3. The molecule has 37 heavy (non-hydrogen) atoms. The number of hydrogen-bond acceptors (Lipinski definition) is 2. The van der Waals surface area contributed by atoms with E-state index >= 15 is 0 Å². The minimum absolute atomic E-state index is 0.449. The van der Waals surface area contributed by atoms with Gasteiger partial charge in [0, 0.05) is 40.2 Å². The number of allylic oxidation sites excluding steroid dienone is 5. The Morgan fingerprint density at radius 1 is 0.784 bits per heavy atom. The van der Waals surface area contributed by atoms with Crippen molar-refractivity contribution in [3.8, 4) is 0 Å². The van der Waals surface area contributed by atoms with Gasteiger partial charge in [-0.3, -0.25) is 0 Å². The zero-order chi connectivity index (χ0) is 25.3. The highest BCUT2D eigenvalue weighted by Crippen LogP contribution is 2.50. The van der Waals surface area contributed by atoms with E-state index in [1.807, 2.05) is 6.08 Å². The molecule has 2 aliphatic carbocycles. The van der Waals surface area contributed by atoms with E-state index in [2.05, 4.69) is 97.8 Å². The van der Waals surface area contributed by atoms with Gasteiger partial charge in [0.15, 0.2) is 0 Å². The molecule has 0 bridgehead atoms. The van der Waals surface area contributed by atoms with Crippen LogP contribution in [0.3, 0.4) is 0 Å². The second-order valence-corrected chi connectivity index (χ2v) is 11.4. The molecule has 2 unspecified atom stereocenters. The maximum Gasteiger partial charge on any atom is 0.0493 e. The van der Waals surface area contributed by atoms with Gasteiger partial charge in [0.25, 0.3) is 0 Å². The minimum Gasteiger partial charge on any atom is -0.341 e. The molecule has 3 aromatic carbocycles. The van der Waals surface area contributed by atoms with Crippen molar-refractivity contribution >= 4 is 27.7 Å². The molecule has 7 rings (SSSR count). The number of rotatable bonds is 4. The van der Waals surface area contributed by atoms with E-state index in [9.17, 15) is 0 Å². The highest BCUT2D eigenvalue weighted by atomic mass is 15.2. The summed E-state index contributed by atoms with van der Waals surface area (Å²) in [6.45, 7) is 11.0. The lowest BCUT2D eigenvalue weighted by atomic mass is 9.76. The van der Waals surface area contributed by atoms with Gasteiger partial charge >= 0.3 is 0 Å². The second kappa shape index (κ2) is 8.52. The number of para-hydroxylation sites is 1. The largest absolute Gasteiger partial charge is 0.341 e. The standard InChI is InChI=1S/C35H36N2/c1-5-6-10-30-22(2)20-23(3)36(30)32-18-14-25-13-17-29-33(19-15-26-12-16-28(32)34(25)35(26)29)37-24(4)21-27-9-7-8-11-31(27)37/h5-12,14,16,18,23-24H,1,13,15,17,19-21H2,2-4H3/b10-6-. The molecular weight excluding hydrogens is 448 g/mol. The van der Waals surface area contributed by atoms with Gasteiger partial charge in [-0.1, -0.05) is 55.1 Å². The van der Waals surface area contributed by atoms with Gasteiger partial charge in [0.05, 0.1) is 0 Å². The number of aryl methyl sites for hydroxylation is 2. The normalized spacial score (nSPS) is 22.6. The summed E-state index contributed by atoms with van der Waals surface area (Å²) in [6, 6.07) is 19.7. The summed E-state index contributed by atoms with van der Waals surface area (Å²) >= 11 is 0. The fourth-order valence-corrected chi connectivity index (χ4v) is 7.67. The second-order valence-electron chi connectivity index (χ2n) is 11.4. The summed E-state index contributed by atoms with van der Waals surface area (Å²) in [5.74, 6) is 0. The lowest BCUT2D eigenvalue weighted by Crippen LogP contribution is -2.32. The maximum absolute atomic E-state index is 3.91. The van der Waals surface area contributed by atoms with E-state index < -0.39 is 0 Å². The van der Waals surface area contributed by atoms with Crippen LogP contribution in [0.5, 0.6) is 0 Å². The average molecular weight is 485 g/mol. The third-order valence-electron chi connectivity index (χ3n) is 9.14. The molecule has 2 aliphatic heterocycles. The van der Waals surface area contributed by atoms with Crippen LogP contribution in [0.15, 0.2) is 90.3 Å². The lowest BCUT2D eigenvalue weighted by molar-refractivity contribution is 0.698. The Morgan fingerprint density at radius 3 is 2.43 bits per heavy atom. The van der Waals surface area contributed by atoms with Crippen LogP contribution in [0, 0.1) is 0 Å². The predicted octanol–water partition coefficient (Wildman–Crippen LogP) is 8.51. The highest BCUT2D eigenvalue weighted by molar-refractivity contribution is 6.07. The van der Waals surface area contributed by atoms with Gasteiger partial charge < -0.3 is 9.80 Å². The van der Waals surface area contributed by atoms with Crippen LogP contribution < -0.4 is 9.80 Å². The molecule has 2 heteroatoms. The maximum atomic E-state index is 3.91. The minimum atomic E-state index is 0.449. The van der Waals surface area contributed by atoms with E-state index in [1.54, 1.807) is 16.8 Å². The highest BCUT2D eigenvalue weighted by Gasteiger charge is 2.35. The Balaban J connectivity index is 1.43. The van der Waals surface area contributed by atoms with Crippen LogP contribution in [0.1, 0.15) is 62.3 Å². The molecule has 4 aliphatic rings. The molecular formula is C35H36N2. The quantitative estimate of drug-likeness (QED) is 0.343. The average Bonchev–Trinajstić information content (AvgIpc) is 3.39. The lowest BCUT2D eigenvalue weighted by Gasteiger charge is -2.37. The Labute approximate surface area is 221 Å². The Morgan fingerprint density at radius 2 is 1.57 bits per heavy atom. The molecule has 0 saturated heterocycles. The van der Waals surface area contributed by atoms with Crippen molar-refractivity contribution in [2.45, 2.75) is 71.4 Å². The summed E-state index contributed by atoms with van der Waals surface area (Å²) in [5, 5.41) is 2.92. The summed E-state index contributed by atoms with van der Waals surface area (Å²) in [5.41, 5.74) is 14.9. The van der Waals surface area contributed by atoms with Crippen LogP contribution in [-0.2, 0) is 19.3 Å². The molecule has 2 heterocycles. The van der Waals surface area contributed by atoms with Crippen LogP contribution in [0.2, 0.25) is 0 Å². The molecule has 0 radical (unpaired) electrons. The first-order valence-electron chi connectivity index (χ1n) is 14.0. The molecule has 0 amide bonds. The van der Waals surface area contributed by atoms with Gasteiger partial charge in [0.2, 0.25) is 0 Å². The van der Waals surface area contributed by atoms with Crippen molar-refractivity contribution in [2.24, 2.45) is 0 Å². The van der Waals surface area contributed by atoms with Crippen molar-refractivity contribution in [2.75, 3.05) is 9.80 Å². The Kier molecular flexibility index (Phi) is 5.22. The van der Waals surface area contributed by atoms with Crippen molar-refractivity contribution in [3.05, 3.63) is 113 Å². The number of benzene rings is 3. The van der Waals surface area contributed by atoms with Crippen LogP contribution in [-0.4, -0.2) is 12.1 Å². The molecule has 0 saturated carbocycles. The first-order valence-corrected chi connectivity index (χ1v) is 14.0. The van der Waals surface area contributed by atoms with E-state index in [0.29, 0.717) is 12.1 Å². The molecule has 3 aromatic rings. The van der Waals surface area contributed by atoms with Crippen molar-refractivity contribution < 1.29 is 0 Å². The molecule has 186 valence electrons. The van der Waals surface area contributed by atoms with E-state index in [1.165, 1.54) is 50.1 Å². The van der Waals surface area contributed by atoms with Crippen LogP contribution >= 0.6 is 0 Å². The molecule has 0 aromatic heterocycles. The van der Waals surface area contributed by atoms with Gasteiger partial charge in [-0.05, 0) is 116 Å². The molecule has 2 nitrogen and oxygen atoms in total. The monoisotopic (exact) mass is 484 g/mol. The van der Waals surface area contributed by atoms with Crippen LogP contribution in [0.4, 0.5) is 11.4 Å². The third kappa shape index (κ3) is 3.31. The van der Waals surface area contributed by atoms with Gasteiger partial charge in [-0.15, -0.1) is 0 Å². The number of nitrogens with zero attached hydrogens (tertiary/aromatic N) is 2.